The van der Waals surface area contributed by atoms with E-state index in [4.69, 9.17) is 26.8 Å². The third kappa shape index (κ3) is 1.42. The fourth-order valence-corrected chi connectivity index (χ4v) is 1.16. The van der Waals surface area contributed by atoms with Crippen molar-refractivity contribution < 1.29 is 9.47 Å². The Morgan fingerprint density at radius 3 is 2.00 bits per heavy atom. The van der Waals surface area contributed by atoms with Crippen LogP contribution in [0.25, 0.3) is 0 Å². The first-order valence-electron chi connectivity index (χ1n) is 3.14. The van der Waals surface area contributed by atoms with Crippen LogP contribution in [0.3, 0.4) is 0 Å². The summed E-state index contributed by atoms with van der Waals surface area (Å²) < 4.78 is 10.4. The summed E-state index contributed by atoms with van der Waals surface area (Å²) >= 11 is 5.76. The number of rotatable bonds is 0. The maximum atomic E-state index is 5.76. The lowest BCUT2D eigenvalue weighted by Gasteiger charge is -2.20. The number of halogens is 1. The van der Waals surface area contributed by atoms with Crippen LogP contribution in [0.15, 0.2) is 0 Å². The second kappa shape index (κ2) is 2.08. The largest absolute Gasteiger partial charge is 0.328 e. The maximum absolute atomic E-state index is 5.76. The van der Waals surface area contributed by atoms with E-state index in [0.29, 0.717) is 0 Å². The quantitative estimate of drug-likeness (QED) is 0.545. The van der Waals surface area contributed by atoms with Crippen LogP contribution >= 0.6 is 11.6 Å². The lowest BCUT2D eigenvalue weighted by molar-refractivity contribution is -0.164. The van der Waals surface area contributed by atoms with E-state index in [1.165, 1.54) is 0 Å². The summed E-state index contributed by atoms with van der Waals surface area (Å²) in [6, 6.07) is 0. The standard InChI is InChI=1S/C6H12ClNO2/c1-5(2)4(7)9-6(3,8)10-5/h4H,8H2,1-3H3. The van der Waals surface area contributed by atoms with Crippen molar-refractivity contribution in [2.75, 3.05) is 0 Å². The lowest BCUT2D eigenvalue weighted by Crippen LogP contribution is -2.39. The Hall–Kier alpha value is 0.170. The predicted molar refractivity (Wildman–Crippen MR) is 38.5 cm³/mol. The maximum Gasteiger partial charge on any atom is 0.224 e. The average molecular weight is 166 g/mol. The molecule has 3 nitrogen and oxygen atoms in total. The Balaban J connectivity index is 2.71. The second-order valence-electron chi connectivity index (χ2n) is 3.16. The Labute approximate surface area is 65.4 Å². The summed E-state index contributed by atoms with van der Waals surface area (Å²) in [6.45, 7) is 5.31. The van der Waals surface area contributed by atoms with Gasteiger partial charge in [-0.1, -0.05) is 11.6 Å². The van der Waals surface area contributed by atoms with Crippen molar-refractivity contribution in [2.45, 2.75) is 37.8 Å². The van der Waals surface area contributed by atoms with Crippen molar-refractivity contribution in [2.24, 2.45) is 5.73 Å². The Morgan fingerprint density at radius 2 is 1.90 bits per heavy atom. The van der Waals surface area contributed by atoms with E-state index >= 15 is 0 Å². The molecule has 0 saturated carbocycles. The Kier molecular flexibility index (Phi) is 1.72. The highest BCUT2D eigenvalue weighted by atomic mass is 35.5. The first-order valence-corrected chi connectivity index (χ1v) is 3.58. The predicted octanol–water partition coefficient (Wildman–Crippen LogP) is 1.01. The summed E-state index contributed by atoms with van der Waals surface area (Å²) in [4.78, 5) is 0. The summed E-state index contributed by atoms with van der Waals surface area (Å²) in [6.07, 6.45) is 0. The minimum Gasteiger partial charge on any atom is -0.328 e. The molecule has 0 amide bonds. The van der Waals surface area contributed by atoms with Gasteiger partial charge in [0.15, 0.2) is 5.56 Å². The Bertz CT molecular complexity index is 147. The van der Waals surface area contributed by atoms with Gasteiger partial charge in [-0.05, 0) is 13.8 Å². The SMILES string of the molecule is CC1(N)OC(Cl)C(C)(C)O1. The van der Waals surface area contributed by atoms with Crippen LogP contribution in [0.5, 0.6) is 0 Å². The molecular weight excluding hydrogens is 154 g/mol. The van der Waals surface area contributed by atoms with Gasteiger partial charge in [0.1, 0.15) is 5.60 Å². The van der Waals surface area contributed by atoms with E-state index in [9.17, 15) is 0 Å². The van der Waals surface area contributed by atoms with E-state index in [0.717, 1.165) is 0 Å². The van der Waals surface area contributed by atoms with E-state index in [-0.39, 0.29) is 0 Å². The highest BCUT2D eigenvalue weighted by Crippen LogP contribution is 2.34. The summed E-state index contributed by atoms with van der Waals surface area (Å²) in [5, 5.41) is 0. The van der Waals surface area contributed by atoms with Crippen molar-refractivity contribution in [3.8, 4) is 0 Å². The number of hydrogen-bond donors (Lipinski definition) is 1. The van der Waals surface area contributed by atoms with Crippen molar-refractivity contribution in [1.82, 2.24) is 0 Å². The molecule has 1 saturated heterocycles. The first-order chi connectivity index (χ1) is 4.33. The van der Waals surface area contributed by atoms with E-state index < -0.39 is 17.1 Å². The van der Waals surface area contributed by atoms with Crippen LogP contribution in [0, 0.1) is 0 Å². The number of ether oxygens (including phenoxy) is 2. The van der Waals surface area contributed by atoms with Crippen molar-refractivity contribution in [3.63, 3.8) is 0 Å². The summed E-state index contributed by atoms with van der Waals surface area (Å²) in [7, 11) is 0. The van der Waals surface area contributed by atoms with Gasteiger partial charge in [0, 0.05) is 6.92 Å². The van der Waals surface area contributed by atoms with Gasteiger partial charge in [-0.25, -0.2) is 0 Å². The summed E-state index contributed by atoms with van der Waals surface area (Å²) in [5.41, 5.74) is 4.55. The minimum atomic E-state index is -1.03. The molecule has 0 aromatic rings. The fourth-order valence-electron chi connectivity index (χ4n) is 0.940. The first kappa shape index (κ1) is 8.27. The lowest BCUT2D eigenvalue weighted by atomic mass is 10.2. The van der Waals surface area contributed by atoms with Crippen LogP contribution in [-0.2, 0) is 9.47 Å². The van der Waals surface area contributed by atoms with Gasteiger partial charge < -0.3 is 9.47 Å². The zero-order chi connectivity index (χ0) is 7.99. The minimum absolute atomic E-state index is 0.470. The normalized spacial score (nSPS) is 45.9. The molecule has 1 aliphatic heterocycles. The molecule has 0 aliphatic carbocycles. The van der Waals surface area contributed by atoms with Gasteiger partial charge in [-0.15, -0.1) is 0 Å². The monoisotopic (exact) mass is 165 g/mol. The van der Waals surface area contributed by atoms with Crippen LogP contribution in [0.2, 0.25) is 0 Å². The molecule has 1 heterocycles. The van der Waals surface area contributed by atoms with Crippen LogP contribution in [0.4, 0.5) is 0 Å². The smallest absolute Gasteiger partial charge is 0.224 e. The number of alkyl halides is 1. The third-order valence-electron chi connectivity index (χ3n) is 1.35. The number of nitrogens with two attached hydrogens (primary N) is 1. The van der Waals surface area contributed by atoms with Gasteiger partial charge in [0.2, 0.25) is 5.91 Å². The molecular formula is C6H12ClNO2. The van der Waals surface area contributed by atoms with Crippen LogP contribution in [-0.4, -0.2) is 17.1 Å². The van der Waals surface area contributed by atoms with Gasteiger partial charge in [-0.3, -0.25) is 5.73 Å². The van der Waals surface area contributed by atoms with Crippen LogP contribution in [0.1, 0.15) is 20.8 Å². The molecule has 1 aliphatic rings. The fraction of sp³-hybridized carbons (Fsp3) is 1.00. The zero-order valence-corrected chi connectivity index (χ0v) is 7.11. The van der Waals surface area contributed by atoms with E-state index in [2.05, 4.69) is 0 Å². The van der Waals surface area contributed by atoms with Crippen molar-refractivity contribution in [1.29, 1.82) is 0 Å². The molecule has 1 fully saturated rings. The third-order valence-corrected chi connectivity index (χ3v) is 1.96. The molecule has 2 atom stereocenters. The molecule has 0 spiro atoms. The summed E-state index contributed by atoms with van der Waals surface area (Å²) in [5.74, 6) is -1.03. The molecule has 0 radical (unpaired) electrons. The second-order valence-corrected chi connectivity index (χ2v) is 3.55. The average Bonchev–Trinajstić information content (AvgIpc) is 1.73. The zero-order valence-electron chi connectivity index (χ0n) is 6.35. The van der Waals surface area contributed by atoms with E-state index in [1.807, 2.05) is 13.8 Å². The highest BCUT2D eigenvalue weighted by molar-refractivity contribution is 6.20. The van der Waals surface area contributed by atoms with E-state index in [1.54, 1.807) is 6.92 Å². The topological polar surface area (TPSA) is 44.5 Å². The van der Waals surface area contributed by atoms with Gasteiger partial charge >= 0.3 is 0 Å². The molecule has 0 aromatic heterocycles. The highest BCUT2D eigenvalue weighted by Gasteiger charge is 2.46. The van der Waals surface area contributed by atoms with Gasteiger partial charge in [-0.2, -0.15) is 0 Å². The molecule has 60 valence electrons. The van der Waals surface area contributed by atoms with Crippen molar-refractivity contribution >= 4 is 11.6 Å². The number of hydrogen-bond acceptors (Lipinski definition) is 3. The molecule has 0 aromatic carbocycles. The molecule has 1 rings (SSSR count). The molecule has 2 unspecified atom stereocenters. The molecule has 4 heteroatoms. The van der Waals surface area contributed by atoms with Gasteiger partial charge in [0.05, 0.1) is 0 Å². The molecule has 2 N–H and O–H groups in total. The molecule has 10 heavy (non-hydrogen) atoms. The van der Waals surface area contributed by atoms with Crippen LogP contribution < -0.4 is 5.73 Å². The van der Waals surface area contributed by atoms with Crippen molar-refractivity contribution in [3.05, 3.63) is 0 Å². The Morgan fingerprint density at radius 1 is 1.40 bits per heavy atom. The van der Waals surface area contributed by atoms with Gasteiger partial charge in [0.25, 0.3) is 0 Å². The molecule has 0 bridgehead atoms.